The molecule has 5 aromatic carbocycles. The van der Waals surface area contributed by atoms with E-state index in [0.717, 1.165) is 43.9 Å². The van der Waals surface area contributed by atoms with E-state index in [4.69, 9.17) is 0 Å². The summed E-state index contributed by atoms with van der Waals surface area (Å²) in [5.41, 5.74) is -1.39. The number of benzene rings is 5. The van der Waals surface area contributed by atoms with Crippen molar-refractivity contribution in [2.75, 3.05) is 0 Å². The summed E-state index contributed by atoms with van der Waals surface area (Å²) >= 11 is 0. The van der Waals surface area contributed by atoms with Gasteiger partial charge in [0.25, 0.3) is 0 Å². The molecule has 0 fully saturated rings. The first kappa shape index (κ1) is 23.1. The van der Waals surface area contributed by atoms with Crippen molar-refractivity contribution in [3.8, 4) is 22.6 Å². The molecular weight excluding hydrogens is 499 g/mol. The molecule has 0 amide bonds. The van der Waals surface area contributed by atoms with Gasteiger partial charge in [-0.2, -0.15) is 21.6 Å². The predicted molar refractivity (Wildman–Crippen MR) is 139 cm³/mol. The Morgan fingerprint density at radius 1 is 0.649 bits per heavy atom. The number of alkyl halides is 3. The highest BCUT2D eigenvalue weighted by Crippen LogP contribution is 2.38. The van der Waals surface area contributed by atoms with Gasteiger partial charge in [-0.25, -0.2) is 0 Å². The van der Waals surface area contributed by atoms with Crippen LogP contribution < -0.4 is 4.18 Å². The fourth-order valence-corrected chi connectivity index (χ4v) is 5.18. The number of nitrogens with zero attached hydrogens (tertiary/aromatic N) is 1. The molecule has 37 heavy (non-hydrogen) atoms. The van der Waals surface area contributed by atoms with Gasteiger partial charge >= 0.3 is 15.6 Å². The minimum absolute atomic E-state index is 0.418. The third-order valence-electron chi connectivity index (χ3n) is 6.34. The number of hydrogen-bond acceptors (Lipinski definition) is 3. The molecular formula is C29H18F3NO3S. The summed E-state index contributed by atoms with van der Waals surface area (Å²) in [6.07, 6.45) is 0. The first-order valence-electron chi connectivity index (χ1n) is 11.4. The summed E-state index contributed by atoms with van der Waals surface area (Å²) in [4.78, 5) is 0. The third kappa shape index (κ3) is 3.90. The Morgan fingerprint density at radius 2 is 1.30 bits per heavy atom. The summed E-state index contributed by atoms with van der Waals surface area (Å²) in [5.74, 6) is -0.418. The third-order valence-corrected chi connectivity index (χ3v) is 7.32. The van der Waals surface area contributed by atoms with E-state index in [1.165, 1.54) is 12.1 Å². The van der Waals surface area contributed by atoms with E-state index in [-0.39, 0.29) is 0 Å². The number of hydrogen-bond donors (Lipinski definition) is 0. The first-order chi connectivity index (χ1) is 17.7. The smallest absolute Gasteiger partial charge is 0.376 e. The van der Waals surface area contributed by atoms with Gasteiger partial charge < -0.3 is 8.75 Å². The van der Waals surface area contributed by atoms with E-state index < -0.39 is 21.4 Å². The summed E-state index contributed by atoms with van der Waals surface area (Å²) in [7, 11) is -5.80. The number of halogens is 3. The SMILES string of the molecule is O=S(=O)(Oc1ccc2c3ccc(-c4cccc5ccccc45)cc3n(-c3ccccc3)c2c1)C(F)(F)F. The quantitative estimate of drug-likeness (QED) is 0.177. The summed E-state index contributed by atoms with van der Waals surface area (Å²) in [5, 5.41) is 3.82. The van der Waals surface area contributed by atoms with Gasteiger partial charge in [-0.05, 0) is 52.2 Å². The van der Waals surface area contributed by atoms with Crippen LogP contribution in [0.2, 0.25) is 0 Å². The summed E-state index contributed by atoms with van der Waals surface area (Å²) in [6.45, 7) is 0. The van der Waals surface area contributed by atoms with Gasteiger partial charge in [-0.1, -0.05) is 72.8 Å². The predicted octanol–water partition coefficient (Wildman–Crippen LogP) is 7.83. The Kier molecular flexibility index (Phi) is 5.24. The van der Waals surface area contributed by atoms with Gasteiger partial charge in [0.2, 0.25) is 0 Å². The second-order valence-electron chi connectivity index (χ2n) is 8.59. The van der Waals surface area contributed by atoms with E-state index in [1.807, 2.05) is 77.4 Å². The molecule has 0 aliphatic carbocycles. The largest absolute Gasteiger partial charge is 0.534 e. The van der Waals surface area contributed by atoms with E-state index in [9.17, 15) is 21.6 Å². The highest BCUT2D eigenvalue weighted by atomic mass is 32.2. The monoisotopic (exact) mass is 517 g/mol. The highest BCUT2D eigenvalue weighted by molar-refractivity contribution is 7.88. The average Bonchev–Trinajstić information content (AvgIpc) is 3.20. The van der Waals surface area contributed by atoms with Crippen LogP contribution in [-0.4, -0.2) is 18.5 Å². The molecule has 0 radical (unpaired) electrons. The topological polar surface area (TPSA) is 48.3 Å². The molecule has 0 saturated carbocycles. The number of rotatable bonds is 4. The average molecular weight is 518 g/mol. The van der Waals surface area contributed by atoms with Gasteiger partial charge in [0.05, 0.1) is 11.0 Å². The van der Waals surface area contributed by atoms with Crippen LogP contribution in [0, 0.1) is 0 Å². The lowest BCUT2D eigenvalue weighted by Crippen LogP contribution is -2.28. The first-order valence-corrected chi connectivity index (χ1v) is 12.8. The molecule has 1 aromatic heterocycles. The van der Waals surface area contributed by atoms with Crippen molar-refractivity contribution in [3.05, 3.63) is 109 Å². The van der Waals surface area contributed by atoms with Gasteiger partial charge in [-0.3, -0.25) is 0 Å². The Hall–Kier alpha value is -4.30. The van der Waals surface area contributed by atoms with Crippen LogP contribution in [0.25, 0.3) is 49.4 Å². The van der Waals surface area contributed by atoms with Crippen LogP contribution >= 0.6 is 0 Å². The molecule has 0 bridgehead atoms. The lowest BCUT2D eigenvalue weighted by atomic mass is 9.97. The van der Waals surface area contributed by atoms with E-state index >= 15 is 0 Å². The maximum atomic E-state index is 12.9. The molecule has 6 rings (SSSR count). The minimum Gasteiger partial charge on any atom is -0.376 e. The molecule has 1 heterocycles. The zero-order valence-corrected chi connectivity index (χ0v) is 19.9. The normalized spacial score (nSPS) is 12.4. The van der Waals surface area contributed by atoms with Crippen molar-refractivity contribution >= 4 is 42.7 Å². The van der Waals surface area contributed by atoms with Crippen LogP contribution in [0.3, 0.4) is 0 Å². The summed E-state index contributed by atoms with van der Waals surface area (Å²) in [6, 6.07) is 33.7. The molecule has 0 aliphatic heterocycles. The van der Waals surface area contributed by atoms with Gasteiger partial charge in [0.15, 0.2) is 0 Å². The van der Waals surface area contributed by atoms with Crippen LogP contribution in [0.1, 0.15) is 0 Å². The molecule has 0 unspecified atom stereocenters. The van der Waals surface area contributed by atoms with Crippen LogP contribution in [-0.2, 0) is 10.1 Å². The van der Waals surface area contributed by atoms with Crippen molar-refractivity contribution in [2.24, 2.45) is 0 Å². The van der Waals surface area contributed by atoms with Gasteiger partial charge in [-0.15, -0.1) is 0 Å². The molecule has 0 spiro atoms. The molecule has 0 atom stereocenters. The van der Waals surface area contributed by atoms with Crippen molar-refractivity contribution in [1.29, 1.82) is 0 Å². The van der Waals surface area contributed by atoms with Crippen molar-refractivity contribution in [1.82, 2.24) is 4.57 Å². The maximum absolute atomic E-state index is 12.9. The van der Waals surface area contributed by atoms with Crippen molar-refractivity contribution < 1.29 is 25.8 Å². The van der Waals surface area contributed by atoms with Crippen molar-refractivity contribution in [3.63, 3.8) is 0 Å². The molecule has 4 nitrogen and oxygen atoms in total. The molecule has 0 aliphatic rings. The Labute approximate surface area is 210 Å². The molecule has 6 aromatic rings. The summed E-state index contributed by atoms with van der Waals surface area (Å²) < 4.78 is 68.4. The number of aromatic nitrogens is 1. The molecule has 184 valence electrons. The second-order valence-corrected chi connectivity index (χ2v) is 10.1. The molecule has 0 saturated heterocycles. The van der Waals surface area contributed by atoms with E-state index in [0.29, 0.717) is 5.52 Å². The van der Waals surface area contributed by atoms with Crippen LogP contribution in [0.5, 0.6) is 5.75 Å². The molecule has 8 heteroatoms. The standard InChI is InChI=1S/C29H18F3NO3S/c30-29(31,32)37(34,35)36-22-14-16-26-25-15-13-20(24-12-6-8-19-7-4-5-11-23(19)24)17-27(25)33(28(26)18-22)21-9-2-1-3-10-21/h1-18H. The zero-order chi connectivity index (χ0) is 25.8. The Balaban J connectivity index is 1.62. The number of para-hydroxylation sites is 1. The van der Waals surface area contributed by atoms with Crippen LogP contribution in [0.4, 0.5) is 13.2 Å². The number of fused-ring (bicyclic) bond motifs is 4. The maximum Gasteiger partial charge on any atom is 0.534 e. The van der Waals surface area contributed by atoms with Crippen LogP contribution in [0.15, 0.2) is 109 Å². The fraction of sp³-hybridized carbons (Fsp3) is 0.0345. The Morgan fingerprint density at radius 3 is 2.05 bits per heavy atom. The van der Waals surface area contributed by atoms with E-state index in [1.54, 1.807) is 6.07 Å². The minimum atomic E-state index is -5.80. The lowest BCUT2D eigenvalue weighted by Gasteiger charge is -2.11. The van der Waals surface area contributed by atoms with Crippen molar-refractivity contribution in [2.45, 2.75) is 5.51 Å². The zero-order valence-electron chi connectivity index (χ0n) is 19.1. The fourth-order valence-electron chi connectivity index (χ4n) is 4.72. The lowest BCUT2D eigenvalue weighted by molar-refractivity contribution is -0.0500. The van der Waals surface area contributed by atoms with Gasteiger partial charge in [0.1, 0.15) is 5.75 Å². The second kappa shape index (κ2) is 8.38. The van der Waals surface area contributed by atoms with E-state index in [2.05, 4.69) is 22.4 Å². The highest BCUT2D eigenvalue weighted by Gasteiger charge is 2.48. The Bertz CT molecular complexity index is 1910. The van der Waals surface area contributed by atoms with Gasteiger partial charge in [0, 0.05) is 22.5 Å². The molecule has 0 N–H and O–H groups in total.